The number of anilines is 2. The van der Waals surface area contributed by atoms with Crippen molar-refractivity contribution in [3.8, 4) is 5.75 Å². The molecule has 5 nitrogen and oxygen atoms in total. The third-order valence-corrected chi connectivity index (χ3v) is 5.38. The third kappa shape index (κ3) is 2.86. The largest absolute Gasteiger partial charge is 0.490 e. The number of rotatable bonds is 4. The van der Waals surface area contributed by atoms with Gasteiger partial charge in [-0.1, -0.05) is 0 Å². The van der Waals surface area contributed by atoms with Crippen molar-refractivity contribution in [3.05, 3.63) is 0 Å². The summed E-state index contributed by atoms with van der Waals surface area (Å²) in [5.74, 6) is 2.13. The van der Waals surface area contributed by atoms with Gasteiger partial charge in [0.1, 0.15) is 0 Å². The van der Waals surface area contributed by atoms with Crippen molar-refractivity contribution in [1.82, 2.24) is 9.27 Å². The molecule has 0 saturated carbocycles. The minimum Gasteiger partial charge on any atom is -0.490 e. The molecule has 6 heteroatoms. The smallest absolute Gasteiger partial charge is 0.197 e. The van der Waals surface area contributed by atoms with Crippen LogP contribution in [0.15, 0.2) is 0 Å². The van der Waals surface area contributed by atoms with E-state index in [2.05, 4.69) is 14.2 Å². The predicted octanol–water partition coefficient (Wildman–Crippen LogP) is 2.05. The number of ether oxygens (including phenoxy) is 1. The lowest BCUT2D eigenvalue weighted by atomic mass is 9.96. The topological polar surface area (TPSA) is 54.6 Å². The highest BCUT2D eigenvalue weighted by Crippen LogP contribution is 2.39. The molecule has 0 atom stereocenters. The molecule has 3 heterocycles. The molecule has 0 bridgehead atoms. The first-order valence-electron chi connectivity index (χ1n) is 7.54. The third-order valence-electron chi connectivity index (χ3n) is 4.48. The molecule has 1 aromatic rings. The summed E-state index contributed by atoms with van der Waals surface area (Å²) in [6, 6.07) is 0. The summed E-state index contributed by atoms with van der Waals surface area (Å²) in [6.45, 7) is 6.08. The number of methoxy groups -OCH3 is 1. The summed E-state index contributed by atoms with van der Waals surface area (Å²) in [5, 5.41) is 1.10. The van der Waals surface area contributed by atoms with E-state index in [-0.39, 0.29) is 0 Å². The Labute approximate surface area is 124 Å². The number of nitrogens with two attached hydrogens (primary N) is 1. The summed E-state index contributed by atoms with van der Waals surface area (Å²) in [7, 11) is 1.67. The van der Waals surface area contributed by atoms with Crippen LogP contribution in [0.5, 0.6) is 5.75 Å². The van der Waals surface area contributed by atoms with Crippen molar-refractivity contribution >= 4 is 22.4 Å². The van der Waals surface area contributed by atoms with Crippen LogP contribution in [0.1, 0.15) is 25.7 Å². The minimum atomic E-state index is 0.520. The molecule has 2 N–H and O–H groups in total. The maximum absolute atomic E-state index is 5.84. The molecule has 3 rings (SSSR count). The van der Waals surface area contributed by atoms with E-state index in [1.807, 2.05) is 0 Å². The Hall–Kier alpha value is -1.01. The highest BCUT2D eigenvalue weighted by atomic mass is 32.1. The number of nitrogens with zero attached hydrogens (tertiary/aromatic N) is 3. The van der Waals surface area contributed by atoms with Crippen molar-refractivity contribution < 1.29 is 4.74 Å². The van der Waals surface area contributed by atoms with Crippen LogP contribution in [0.3, 0.4) is 0 Å². The highest BCUT2D eigenvalue weighted by Gasteiger charge is 2.26. The Morgan fingerprint density at radius 3 is 2.60 bits per heavy atom. The molecule has 0 amide bonds. The van der Waals surface area contributed by atoms with Gasteiger partial charge in [-0.25, -0.2) is 0 Å². The standard InChI is InChI=1S/C14H24N4OS/c1-19-12-13(15)16-20-14(12)18-8-4-11(5-9-18)10-17-6-2-3-7-17/h11H,2-10H2,1H3,(H2,15,16). The van der Waals surface area contributed by atoms with Gasteiger partial charge >= 0.3 is 0 Å². The van der Waals surface area contributed by atoms with Gasteiger partial charge in [0, 0.05) is 19.6 Å². The zero-order valence-corrected chi connectivity index (χ0v) is 13.0. The van der Waals surface area contributed by atoms with Gasteiger partial charge in [-0.2, -0.15) is 4.37 Å². The second kappa shape index (κ2) is 6.18. The molecular formula is C14H24N4OS. The molecule has 1 aromatic heterocycles. The maximum Gasteiger partial charge on any atom is 0.197 e. The molecule has 0 spiro atoms. The van der Waals surface area contributed by atoms with Crippen LogP contribution >= 0.6 is 11.5 Å². The van der Waals surface area contributed by atoms with Gasteiger partial charge < -0.3 is 20.3 Å². The normalized spacial score (nSPS) is 21.6. The molecule has 112 valence electrons. The van der Waals surface area contributed by atoms with Gasteiger partial charge in [-0.05, 0) is 56.2 Å². The first-order chi connectivity index (χ1) is 9.78. The van der Waals surface area contributed by atoms with Gasteiger partial charge in [0.15, 0.2) is 16.6 Å². The van der Waals surface area contributed by atoms with E-state index in [0.29, 0.717) is 5.82 Å². The highest BCUT2D eigenvalue weighted by molar-refractivity contribution is 7.11. The van der Waals surface area contributed by atoms with Crippen LogP contribution < -0.4 is 15.4 Å². The fourth-order valence-corrected chi connectivity index (χ4v) is 4.16. The van der Waals surface area contributed by atoms with Crippen LogP contribution in [0.25, 0.3) is 0 Å². The summed E-state index contributed by atoms with van der Waals surface area (Å²) < 4.78 is 9.59. The zero-order chi connectivity index (χ0) is 13.9. The first-order valence-corrected chi connectivity index (χ1v) is 8.31. The molecule has 0 aromatic carbocycles. The van der Waals surface area contributed by atoms with Crippen molar-refractivity contribution in [2.75, 3.05) is 50.5 Å². The predicted molar refractivity (Wildman–Crippen MR) is 83.7 cm³/mol. The van der Waals surface area contributed by atoms with Crippen LogP contribution in [0.2, 0.25) is 0 Å². The monoisotopic (exact) mass is 296 g/mol. The molecule has 0 unspecified atom stereocenters. The molecule has 20 heavy (non-hydrogen) atoms. The van der Waals surface area contributed by atoms with Gasteiger partial charge in [0.25, 0.3) is 0 Å². The SMILES string of the molecule is COc1c(N)nsc1N1CCC(CN2CCCC2)CC1. The van der Waals surface area contributed by atoms with E-state index in [0.717, 1.165) is 29.8 Å². The zero-order valence-electron chi connectivity index (χ0n) is 12.2. The van der Waals surface area contributed by atoms with Gasteiger partial charge in [-0.15, -0.1) is 0 Å². The van der Waals surface area contributed by atoms with Crippen molar-refractivity contribution in [1.29, 1.82) is 0 Å². The lowest BCUT2D eigenvalue weighted by Gasteiger charge is -2.34. The number of likely N-dealkylation sites (tertiary alicyclic amines) is 1. The number of piperidine rings is 1. The average molecular weight is 296 g/mol. The van der Waals surface area contributed by atoms with Crippen LogP contribution in [0, 0.1) is 5.92 Å². The Morgan fingerprint density at radius 2 is 1.95 bits per heavy atom. The van der Waals surface area contributed by atoms with E-state index in [4.69, 9.17) is 10.5 Å². The van der Waals surface area contributed by atoms with Gasteiger partial charge in [0.2, 0.25) is 0 Å². The maximum atomic E-state index is 5.84. The fraction of sp³-hybridized carbons (Fsp3) is 0.786. The molecule has 2 saturated heterocycles. The van der Waals surface area contributed by atoms with E-state index in [9.17, 15) is 0 Å². The summed E-state index contributed by atoms with van der Waals surface area (Å²) in [5.41, 5.74) is 5.84. The van der Waals surface area contributed by atoms with Gasteiger partial charge in [-0.3, -0.25) is 0 Å². The van der Waals surface area contributed by atoms with Crippen molar-refractivity contribution in [3.63, 3.8) is 0 Å². The molecule has 2 fully saturated rings. The second-order valence-electron chi connectivity index (χ2n) is 5.84. The average Bonchev–Trinajstić information content (AvgIpc) is 3.09. The van der Waals surface area contributed by atoms with E-state index in [1.165, 1.54) is 56.9 Å². The lowest BCUT2D eigenvalue weighted by molar-refractivity contribution is 0.249. The summed E-state index contributed by atoms with van der Waals surface area (Å²) in [4.78, 5) is 5.01. The molecule has 2 aliphatic rings. The Kier molecular flexibility index (Phi) is 4.31. The number of hydrogen-bond donors (Lipinski definition) is 1. The number of aromatic nitrogens is 1. The Morgan fingerprint density at radius 1 is 1.25 bits per heavy atom. The minimum absolute atomic E-state index is 0.520. The summed E-state index contributed by atoms with van der Waals surface area (Å²) >= 11 is 1.46. The van der Waals surface area contributed by atoms with Crippen LogP contribution in [-0.2, 0) is 0 Å². The Balaban J connectivity index is 1.55. The second-order valence-corrected chi connectivity index (χ2v) is 6.60. The Bertz CT molecular complexity index is 436. The molecule has 0 radical (unpaired) electrons. The molecule has 0 aliphatic carbocycles. The fourth-order valence-electron chi connectivity index (χ4n) is 3.33. The first kappa shape index (κ1) is 13.9. The van der Waals surface area contributed by atoms with E-state index >= 15 is 0 Å². The summed E-state index contributed by atoms with van der Waals surface area (Å²) in [6.07, 6.45) is 5.29. The van der Waals surface area contributed by atoms with Crippen LogP contribution in [0.4, 0.5) is 10.8 Å². The van der Waals surface area contributed by atoms with E-state index in [1.54, 1.807) is 7.11 Å². The number of nitrogen functional groups attached to an aromatic ring is 1. The van der Waals surface area contributed by atoms with E-state index < -0.39 is 0 Å². The van der Waals surface area contributed by atoms with Crippen molar-refractivity contribution in [2.24, 2.45) is 5.92 Å². The van der Waals surface area contributed by atoms with Crippen LogP contribution in [-0.4, -0.2) is 49.1 Å². The van der Waals surface area contributed by atoms with Gasteiger partial charge in [0.05, 0.1) is 7.11 Å². The number of hydrogen-bond acceptors (Lipinski definition) is 6. The lowest BCUT2D eigenvalue weighted by Crippen LogP contribution is -2.37. The molecular weight excluding hydrogens is 272 g/mol. The molecule has 2 aliphatic heterocycles. The van der Waals surface area contributed by atoms with Crippen molar-refractivity contribution in [2.45, 2.75) is 25.7 Å². The quantitative estimate of drug-likeness (QED) is 0.921.